The van der Waals surface area contributed by atoms with Crippen LogP contribution in [0.1, 0.15) is 122 Å². The standard InChI is InChI=1S/C24H45NO5/c1-3-4-5-6-7-8-9-10-11-12-13-14-15-16-17-18-22(26)30-23(27)20-19-21(25)24(28)29-2/h21H,3-20,25H2,1-2H3/t21-/m0/s1. The Labute approximate surface area is 183 Å². The highest BCUT2D eigenvalue weighted by atomic mass is 16.6. The van der Waals surface area contributed by atoms with Gasteiger partial charge in [-0.15, -0.1) is 0 Å². The van der Waals surface area contributed by atoms with Crippen LogP contribution in [-0.4, -0.2) is 31.1 Å². The zero-order chi connectivity index (χ0) is 22.5. The van der Waals surface area contributed by atoms with Crippen LogP contribution in [0.5, 0.6) is 0 Å². The Morgan fingerprint density at radius 1 is 0.667 bits per heavy atom. The summed E-state index contributed by atoms with van der Waals surface area (Å²) in [6.45, 7) is 2.26. The third-order valence-electron chi connectivity index (χ3n) is 5.38. The fourth-order valence-corrected chi connectivity index (χ4v) is 3.41. The molecule has 0 amide bonds. The molecule has 0 bridgehead atoms. The molecule has 0 saturated heterocycles. The van der Waals surface area contributed by atoms with E-state index in [-0.39, 0.29) is 19.3 Å². The van der Waals surface area contributed by atoms with Gasteiger partial charge in [-0.1, -0.05) is 96.8 Å². The minimum absolute atomic E-state index is 0.0686. The number of esters is 3. The monoisotopic (exact) mass is 427 g/mol. The van der Waals surface area contributed by atoms with Crippen molar-refractivity contribution in [1.82, 2.24) is 0 Å². The number of rotatable bonds is 20. The number of carbonyl (C=O) groups is 3. The highest BCUT2D eigenvalue weighted by molar-refractivity contribution is 5.85. The Morgan fingerprint density at radius 3 is 1.50 bits per heavy atom. The summed E-state index contributed by atoms with van der Waals surface area (Å²) in [7, 11) is 1.24. The van der Waals surface area contributed by atoms with E-state index < -0.39 is 23.9 Å². The molecule has 6 nitrogen and oxygen atoms in total. The third kappa shape index (κ3) is 18.6. The lowest BCUT2D eigenvalue weighted by Crippen LogP contribution is -2.32. The Bertz CT molecular complexity index is 453. The lowest BCUT2D eigenvalue weighted by atomic mass is 10.0. The molecule has 0 aromatic heterocycles. The van der Waals surface area contributed by atoms with Crippen LogP contribution < -0.4 is 5.73 Å². The highest BCUT2D eigenvalue weighted by Crippen LogP contribution is 2.14. The van der Waals surface area contributed by atoms with E-state index >= 15 is 0 Å². The van der Waals surface area contributed by atoms with Crippen LogP contribution in [0, 0.1) is 0 Å². The van der Waals surface area contributed by atoms with Crippen molar-refractivity contribution in [2.45, 2.75) is 129 Å². The number of hydrogen-bond acceptors (Lipinski definition) is 6. The van der Waals surface area contributed by atoms with Gasteiger partial charge in [-0.3, -0.25) is 14.4 Å². The minimum atomic E-state index is -0.867. The van der Waals surface area contributed by atoms with E-state index in [1.165, 1.54) is 84.2 Å². The zero-order valence-corrected chi connectivity index (χ0v) is 19.4. The van der Waals surface area contributed by atoms with Gasteiger partial charge in [0.2, 0.25) is 0 Å². The van der Waals surface area contributed by atoms with Crippen LogP contribution in [0.3, 0.4) is 0 Å². The molecule has 0 aliphatic carbocycles. The smallest absolute Gasteiger partial charge is 0.322 e. The molecule has 0 heterocycles. The van der Waals surface area contributed by atoms with Crippen molar-refractivity contribution >= 4 is 17.9 Å². The SMILES string of the molecule is CCCCCCCCCCCCCCCCCC(=O)OC(=O)CC[C@H](N)C(=O)OC. The Balaban J connectivity index is 3.39. The van der Waals surface area contributed by atoms with Crippen molar-refractivity contribution < 1.29 is 23.9 Å². The van der Waals surface area contributed by atoms with Crippen molar-refractivity contribution in [1.29, 1.82) is 0 Å². The molecule has 2 N–H and O–H groups in total. The van der Waals surface area contributed by atoms with Crippen LogP contribution in [0.4, 0.5) is 0 Å². The number of carbonyl (C=O) groups excluding carboxylic acids is 3. The average Bonchev–Trinajstić information content (AvgIpc) is 2.74. The van der Waals surface area contributed by atoms with E-state index in [2.05, 4.69) is 11.7 Å². The second-order valence-electron chi connectivity index (χ2n) is 8.21. The van der Waals surface area contributed by atoms with Crippen molar-refractivity contribution in [2.75, 3.05) is 7.11 Å². The van der Waals surface area contributed by atoms with Crippen molar-refractivity contribution in [2.24, 2.45) is 5.73 Å². The molecule has 0 aromatic rings. The Hall–Kier alpha value is -1.43. The summed E-state index contributed by atoms with van der Waals surface area (Å²) in [5, 5.41) is 0. The van der Waals surface area contributed by atoms with Crippen LogP contribution in [0.15, 0.2) is 0 Å². The Morgan fingerprint density at radius 2 is 1.07 bits per heavy atom. The number of hydrogen-bond donors (Lipinski definition) is 1. The number of unbranched alkanes of at least 4 members (excludes halogenated alkanes) is 14. The molecule has 0 saturated carbocycles. The van der Waals surface area contributed by atoms with Gasteiger partial charge >= 0.3 is 17.9 Å². The molecule has 0 aliphatic heterocycles. The average molecular weight is 428 g/mol. The van der Waals surface area contributed by atoms with Crippen LogP contribution in [0.2, 0.25) is 0 Å². The topological polar surface area (TPSA) is 95.7 Å². The molecule has 0 unspecified atom stereocenters. The van der Waals surface area contributed by atoms with Gasteiger partial charge in [0.15, 0.2) is 0 Å². The molecule has 0 radical (unpaired) electrons. The third-order valence-corrected chi connectivity index (χ3v) is 5.38. The predicted molar refractivity (Wildman–Crippen MR) is 120 cm³/mol. The van der Waals surface area contributed by atoms with E-state index in [0.29, 0.717) is 0 Å². The minimum Gasteiger partial charge on any atom is -0.468 e. The van der Waals surface area contributed by atoms with E-state index in [4.69, 9.17) is 10.5 Å². The van der Waals surface area contributed by atoms with Gasteiger partial charge in [-0.05, 0) is 12.8 Å². The highest BCUT2D eigenvalue weighted by Gasteiger charge is 2.17. The summed E-state index contributed by atoms with van der Waals surface area (Å²) in [5.41, 5.74) is 5.54. The lowest BCUT2D eigenvalue weighted by Gasteiger charge is -2.08. The molecule has 176 valence electrons. The number of nitrogens with two attached hydrogens (primary N) is 1. The zero-order valence-electron chi connectivity index (χ0n) is 19.4. The molecular formula is C24H45NO5. The van der Waals surface area contributed by atoms with Crippen molar-refractivity contribution in [3.05, 3.63) is 0 Å². The molecule has 0 aromatic carbocycles. The summed E-state index contributed by atoms with van der Waals surface area (Å²) in [4.78, 5) is 34.4. The van der Waals surface area contributed by atoms with E-state index in [1.54, 1.807) is 0 Å². The first kappa shape index (κ1) is 28.6. The number of ether oxygens (including phenoxy) is 2. The normalized spacial score (nSPS) is 11.8. The van der Waals surface area contributed by atoms with Gasteiger partial charge in [0.1, 0.15) is 6.04 Å². The van der Waals surface area contributed by atoms with Gasteiger partial charge in [0, 0.05) is 12.8 Å². The number of methoxy groups -OCH3 is 1. The van der Waals surface area contributed by atoms with Crippen LogP contribution in [-0.2, 0) is 23.9 Å². The second-order valence-corrected chi connectivity index (χ2v) is 8.21. The maximum absolute atomic E-state index is 11.7. The molecule has 0 fully saturated rings. The Kier molecular flexibility index (Phi) is 19.8. The maximum atomic E-state index is 11.7. The van der Waals surface area contributed by atoms with Gasteiger partial charge in [-0.2, -0.15) is 0 Å². The first-order chi connectivity index (χ1) is 14.5. The fourth-order valence-electron chi connectivity index (χ4n) is 3.41. The molecular weight excluding hydrogens is 382 g/mol. The van der Waals surface area contributed by atoms with Crippen LogP contribution in [0.25, 0.3) is 0 Å². The van der Waals surface area contributed by atoms with E-state index in [9.17, 15) is 14.4 Å². The van der Waals surface area contributed by atoms with Crippen LogP contribution >= 0.6 is 0 Å². The van der Waals surface area contributed by atoms with E-state index in [0.717, 1.165) is 19.3 Å². The summed E-state index contributed by atoms with van der Waals surface area (Å²) in [6.07, 6.45) is 19.3. The first-order valence-corrected chi connectivity index (χ1v) is 12.1. The fraction of sp³-hybridized carbons (Fsp3) is 0.875. The summed E-state index contributed by atoms with van der Waals surface area (Å²) in [5.74, 6) is -1.71. The predicted octanol–water partition coefficient (Wildman–Crippen LogP) is 5.60. The molecule has 0 spiro atoms. The van der Waals surface area contributed by atoms with Crippen molar-refractivity contribution in [3.8, 4) is 0 Å². The van der Waals surface area contributed by atoms with Gasteiger partial charge in [0.25, 0.3) is 0 Å². The maximum Gasteiger partial charge on any atom is 0.322 e. The largest absolute Gasteiger partial charge is 0.468 e. The molecule has 0 aliphatic rings. The van der Waals surface area contributed by atoms with E-state index in [1.807, 2.05) is 0 Å². The van der Waals surface area contributed by atoms with Gasteiger partial charge < -0.3 is 15.2 Å². The summed E-state index contributed by atoms with van der Waals surface area (Å²) >= 11 is 0. The molecule has 30 heavy (non-hydrogen) atoms. The van der Waals surface area contributed by atoms with Gasteiger partial charge in [-0.25, -0.2) is 0 Å². The van der Waals surface area contributed by atoms with Gasteiger partial charge in [0.05, 0.1) is 7.11 Å². The van der Waals surface area contributed by atoms with Crippen molar-refractivity contribution in [3.63, 3.8) is 0 Å². The second kappa shape index (κ2) is 20.8. The quantitative estimate of drug-likeness (QED) is 0.154. The molecule has 6 heteroatoms. The summed E-state index contributed by atoms with van der Waals surface area (Å²) in [6, 6.07) is -0.867. The molecule has 0 rings (SSSR count). The molecule has 1 atom stereocenters. The lowest BCUT2D eigenvalue weighted by molar-refractivity contribution is -0.159. The first-order valence-electron chi connectivity index (χ1n) is 12.1. The summed E-state index contributed by atoms with van der Waals surface area (Å²) < 4.78 is 9.23.